The van der Waals surface area contributed by atoms with E-state index >= 15 is 0 Å². The zero-order chi connectivity index (χ0) is 18.4. The summed E-state index contributed by atoms with van der Waals surface area (Å²) in [5.41, 5.74) is 3.75. The van der Waals surface area contributed by atoms with Crippen molar-refractivity contribution >= 4 is 11.6 Å². The van der Waals surface area contributed by atoms with Gasteiger partial charge in [-0.1, -0.05) is 18.2 Å². The minimum atomic E-state index is -0.0333. The van der Waals surface area contributed by atoms with E-state index in [2.05, 4.69) is 15.3 Å². The number of anilines is 1. The first kappa shape index (κ1) is 17.5. The highest BCUT2D eigenvalue weighted by Gasteiger charge is 2.08. The van der Waals surface area contributed by atoms with Gasteiger partial charge in [0.15, 0.2) is 11.5 Å². The summed E-state index contributed by atoms with van der Waals surface area (Å²) in [6.45, 7) is 0. The van der Waals surface area contributed by atoms with Crippen molar-refractivity contribution in [2.75, 3.05) is 19.5 Å². The lowest BCUT2D eigenvalue weighted by Crippen LogP contribution is -2.12. The van der Waals surface area contributed by atoms with E-state index in [4.69, 9.17) is 9.47 Å². The van der Waals surface area contributed by atoms with E-state index in [-0.39, 0.29) is 5.91 Å². The molecular formula is C20H21N3O3. The molecule has 0 saturated heterocycles. The first-order valence-corrected chi connectivity index (χ1v) is 8.29. The fourth-order valence-electron chi connectivity index (χ4n) is 2.66. The normalized spacial score (nSPS) is 10.4. The summed E-state index contributed by atoms with van der Waals surface area (Å²) in [5, 5.41) is 2.92. The number of hydrogen-bond donors (Lipinski definition) is 2. The number of imidazole rings is 1. The third-order valence-corrected chi connectivity index (χ3v) is 4.07. The van der Waals surface area contributed by atoms with Gasteiger partial charge in [-0.05, 0) is 41.8 Å². The number of benzene rings is 2. The van der Waals surface area contributed by atoms with Crippen molar-refractivity contribution in [2.45, 2.75) is 12.8 Å². The van der Waals surface area contributed by atoms with Crippen LogP contribution < -0.4 is 14.8 Å². The number of aromatic amines is 1. The predicted molar refractivity (Wildman–Crippen MR) is 101 cm³/mol. The van der Waals surface area contributed by atoms with Crippen LogP contribution in [0, 0.1) is 0 Å². The van der Waals surface area contributed by atoms with E-state index in [0.29, 0.717) is 24.3 Å². The molecule has 2 N–H and O–H groups in total. The van der Waals surface area contributed by atoms with Crippen LogP contribution in [0.3, 0.4) is 0 Å². The Hall–Kier alpha value is -3.28. The second-order valence-corrected chi connectivity index (χ2v) is 5.78. The second kappa shape index (κ2) is 8.20. The van der Waals surface area contributed by atoms with Crippen molar-refractivity contribution in [2.24, 2.45) is 0 Å². The average Bonchev–Trinajstić information content (AvgIpc) is 3.21. The zero-order valence-electron chi connectivity index (χ0n) is 14.8. The maximum Gasteiger partial charge on any atom is 0.224 e. The monoisotopic (exact) mass is 351 g/mol. The molecule has 0 saturated carbocycles. The predicted octanol–water partition coefficient (Wildman–Crippen LogP) is 3.67. The fraction of sp³-hybridized carbons (Fsp3) is 0.200. The lowest BCUT2D eigenvalue weighted by Gasteiger charge is -2.10. The van der Waals surface area contributed by atoms with E-state index in [1.807, 2.05) is 42.5 Å². The van der Waals surface area contributed by atoms with Gasteiger partial charge in [0.25, 0.3) is 0 Å². The van der Waals surface area contributed by atoms with Crippen molar-refractivity contribution in [3.8, 4) is 22.8 Å². The molecule has 0 bridgehead atoms. The molecule has 0 aliphatic rings. The van der Waals surface area contributed by atoms with Gasteiger partial charge in [0, 0.05) is 12.1 Å². The molecule has 6 heteroatoms. The Morgan fingerprint density at radius 3 is 2.50 bits per heavy atom. The Morgan fingerprint density at radius 2 is 1.85 bits per heavy atom. The van der Waals surface area contributed by atoms with Crippen LogP contribution in [0.4, 0.5) is 5.69 Å². The summed E-state index contributed by atoms with van der Waals surface area (Å²) in [5.74, 6) is 1.31. The number of carbonyl (C=O) groups excluding carboxylic acids is 1. The van der Waals surface area contributed by atoms with Crippen molar-refractivity contribution < 1.29 is 14.3 Å². The summed E-state index contributed by atoms with van der Waals surface area (Å²) < 4.78 is 10.5. The molecule has 1 heterocycles. The van der Waals surface area contributed by atoms with Crippen LogP contribution in [-0.4, -0.2) is 30.1 Å². The highest BCUT2D eigenvalue weighted by molar-refractivity contribution is 5.91. The van der Waals surface area contributed by atoms with Crippen LogP contribution in [0.15, 0.2) is 55.0 Å². The number of H-pyrrole nitrogens is 1. The Bertz CT molecular complexity index is 859. The summed E-state index contributed by atoms with van der Waals surface area (Å²) in [6.07, 6.45) is 4.41. The van der Waals surface area contributed by atoms with E-state index in [0.717, 1.165) is 22.5 Å². The highest BCUT2D eigenvalue weighted by atomic mass is 16.5. The Kier molecular flexibility index (Phi) is 5.53. The van der Waals surface area contributed by atoms with Crippen LogP contribution >= 0.6 is 0 Å². The summed E-state index contributed by atoms with van der Waals surface area (Å²) >= 11 is 0. The van der Waals surface area contributed by atoms with Gasteiger partial charge in [-0.15, -0.1) is 0 Å². The molecule has 0 fully saturated rings. The van der Waals surface area contributed by atoms with Gasteiger partial charge >= 0.3 is 0 Å². The van der Waals surface area contributed by atoms with Gasteiger partial charge in [-0.2, -0.15) is 0 Å². The van der Waals surface area contributed by atoms with E-state index < -0.39 is 0 Å². The lowest BCUT2D eigenvalue weighted by atomic mass is 10.1. The third kappa shape index (κ3) is 4.22. The minimum absolute atomic E-state index is 0.0333. The Morgan fingerprint density at radius 1 is 1.08 bits per heavy atom. The minimum Gasteiger partial charge on any atom is -0.493 e. The van der Waals surface area contributed by atoms with Crippen LogP contribution in [0.5, 0.6) is 11.5 Å². The van der Waals surface area contributed by atoms with Gasteiger partial charge < -0.3 is 19.8 Å². The van der Waals surface area contributed by atoms with Crippen LogP contribution in [0.25, 0.3) is 11.3 Å². The number of aromatic nitrogens is 2. The van der Waals surface area contributed by atoms with Crippen molar-refractivity contribution in [3.63, 3.8) is 0 Å². The molecule has 0 aliphatic carbocycles. The van der Waals surface area contributed by atoms with Crippen LogP contribution in [0.2, 0.25) is 0 Å². The molecule has 0 aliphatic heterocycles. The molecule has 0 spiro atoms. The number of aryl methyl sites for hydroxylation is 1. The molecule has 0 unspecified atom stereocenters. The van der Waals surface area contributed by atoms with E-state index in [1.165, 1.54) is 0 Å². The van der Waals surface area contributed by atoms with E-state index in [9.17, 15) is 4.79 Å². The first-order valence-electron chi connectivity index (χ1n) is 8.29. The largest absolute Gasteiger partial charge is 0.493 e. The molecule has 134 valence electrons. The summed E-state index contributed by atoms with van der Waals surface area (Å²) in [7, 11) is 3.20. The smallest absolute Gasteiger partial charge is 0.224 e. The molecule has 26 heavy (non-hydrogen) atoms. The molecule has 3 rings (SSSR count). The van der Waals surface area contributed by atoms with Gasteiger partial charge in [-0.3, -0.25) is 4.79 Å². The number of rotatable bonds is 7. The second-order valence-electron chi connectivity index (χ2n) is 5.78. The van der Waals surface area contributed by atoms with Gasteiger partial charge in [0.2, 0.25) is 5.91 Å². The Balaban J connectivity index is 1.56. The molecule has 0 atom stereocenters. The average molecular weight is 351 g/mol. The van der Waals surface area contributed by atoms with Crippen molar-refractivity contribution in [1.29, 1.82) is 0 Å². The SMILES string of the molecule is COc1ccc(CCC(=O)Nc2ccc(-c3cnc[nH]3)cc2)cc1OC. The van der Waals surface area contributed by atoms with Crippen LogP contribution in [-0.2, 0) is 11.2 Å². The highest BCUT2D eigenvalue weighted by Crippen LogP contribution is 2.28. The maximum atomic E-state index is 12.2. The fourth-order valence-corrected chi connectivity index (χ4v) is 2.66. The quantitative estimate of drug-likeness (QED) is 0.681. The number of methoxy groups -OCH3 is 2. The molecular weight excluding hydrogens is 330 g/mol. The first-order chi connectivity index (χ1) is 12.7. The number of carbonyl (C=O) groups is 1. The van der Waals surface area contributed by atoms with Gasteiger partial charge in [0.05, 0.1) is 32.4 Å². The molecule has 6 nitrogen and oxygen atoms in total. The molecule has 1 aromatic heterocycles. The molecule has 0 radical (unpaired) electrons. The molecule has 3 aromatic rings. The van der Waals surface area contributed by atoms with Gasteiger partial charge in [-0.25, -0.2) is 4.98 Å². The number of ether oxygens (including phenoxy) is 2. The summed E-state index contributed by atoms with van der Waals surface area (Å²) in [6, 6.07) is 13.3. The van der Waals surface area contributed by atoms with Gasteiger partial charge in [0.1, 0.15) is 0 Å². The molecule has 2 aromatic carbocycles. The van der Waals surface area contributed by atoms with Crippen molar-refractivity contribution in [1.82, 2.24) is 9.97 Å². The number of amides is 1. The maximum absolute atomic E-state index is 12.2. The standard InChI is InChI=1S/C20H21N3O3/c1-25-18-9-3-14(11-19(18)26-2)4-10-20(24)23-16-7-5-15(6-8-16)17-12-21-13-22-17/h3,5-9,11-13H,4,10H2,1-2H3,(H,21,22)(H,23,24). The topological polar surface area (TPSA) is 76.2 Å². The number of hydrogen-bond acceptors (Lipinski definition) is 4. The molecule has 1 amide bonds. The Labute approximate surface area is 152 Å². The lowest BCUT2D eigenvalue weighted by molar-refractivity contribution is -0.116. The van der Waals surface area contributed by atoms with Crippen molar-refractivity contribution in [3.05, 3.63) is 60.6 Å². The van der Waals surface area contributed by atoms with E-state index in [1.54, 1.807) is 26.7 Å². The number of nitrogens with one attached hydrogen (secondary N) is 2. The number of nitrogens with zero attached hydrogens (tertiary/aromatic N) is 1. The third-order valence-electron chi connectivity index (χ3n) is 4.07. The zero-order valence-corrected chi connectivity index (χ0v) is 14.8. The van der Waals surface area contributed by atoms with Crippen LogP contribution in [0.1, 0.15) is 12.0 Å². The summed E-state index contributed by atoms with van der Waals surface area (Å²) in [4.78, 5) is 19.2.